The molecule has 0 fully saturated rings. The lowest BCUT2D eigenvalue weighted by Crippen LogP contribution is -2.09. The summed E-state index contributed by atoms with van der Waals surface area (Å²) < 4.78 is 120. The van der Waals surface area contributed by atoms with E-state index in [9.17, 15) is 13.2 Å². The van der Waals surface area contributed by atoms with E-state index < -0.39 is 40.8 Å². The molecule has 2 aromatic heterocycles. The van der Waals surface area contributed by atoms with Crippen LogP contribution in [0.2, 0.25) is 0 Å². The Bertz CT molecular complexity index is 6380. The number of para-hydroxylation sites is 7. The molecule has 0 saturated carbocycles. The lowest BCUT2D eigenvalue weighted by molar-refractivity contribution is 0.376. The molecule has 0 N–H and O–H groups in total. The molecule has 0 spiro atoms. The Labute approximate surface area is 583 Å². The molecule has 0 radical (unpaired) electrons. The lowest BCUT2D eigenvalue weighted by Gasteiger charge is -2.25. The van der Waals surface area contributed by atoms with Gasteiger partial charge in [0, 0.05) is 61.4 Å². The second-order valence-corrected chi connectivity index (χ2v) is 25.3. The zero-order valence-corrected chi connectivity index (χ0v) is 53.5. The summed E-state index contributed by atoms with van der Waals surface area (Å²) >= 11 is 0. The van der Waals surface area contributed by atoms with Gasteiger partial charge in [0.25, 0.3) is 0 Å². The van der Waals surface area contributed by atoms with Crippen LogP contribution in [0.4, 0.5) is 56.1 Å². The maximum Gasteiger partial charge on any atom is 0.200 e. The van der Waals surface area contributed by atoms with Crippen molar-refractivity contribution < 1.29 is 28.8 Å². The smallest absolute Gasteiger partial charge is 0.200 e. The van der Waals surface area contributed by atoms with Crippen molar-refractivity contribution in [3.8, 4) is 33.6 Å². The average Bonchev–Trinajstić information content (AvgIpc) is 1.50. The van der Waals surface area contributed by atoms with E-state index in [1.54, 1.807) is 30.3 Å². The predicted octanol–water partition coefficient (Wildman–Crippen LogP) is 26.3. The van der Waals surface area contributed by atoms with Crippen molar-refractivity contribution in [2.45, 2.75) is 0 Å². The molecule has 0 atom stereocenters. The SMILES string of the molecule is Fc1c(F)c(F)c(-n2c3ccccc3c3c4ccc5c(-c6ccc(N(c7ccccc7)c7ccccc7)cc6)ccc6ccc(cc32)c4c65)c(F)c1F.[2H]c1c([2H])c([2H])c(-n2c3ccccc3c3c4ccc5c(-c6ccc(N(c7ccccc7)c7ccccc7)cc6)ccc6ccc(cc32)c4c65)c([2H])c1[2H]. The highest BCUT2D eigenvalue weighted by Gasteiger charge is 2.31. The third-order valence-corrected chi connectivity index (χ3v) is 19.9. The van der Waals surface area contributed by atoms with Gasteiger partial charge in [-0.1, -0.05) is 224 Å². The fourth-order valence-electron chi connectivity index (χ4n) is 15.6. The van der Waals surface area contributed by atoms with E-state index in [1.807, 2.05) is 89.5 Å². The number of anilines is 6. The topological polar surface area (TPSA) is 16.3 Å². The third-order valence-electron chi connectivity index (χ3n) is 19.9. The van der Waals surface area contributed by atoms with E-state index >= 15 is 8.78 Å². The van der Waals surface area contributed by atoms with Gasteiger partial charge < -0.3 is 18.9 Å². The molecule has 4 nitrogen and oxygen atoms in total. The number of nitrogens with zero attached hydrogens (tertiary/aromatic N) is 4. The van der Waals surface area contributed by atoms with Gasteiger partial charge in [-0.15, -0.1) is 0 Å². The van der Waals surface area contributed by atoms with Crippen LogP contribution in [0, 0.1) is 29.1 Å². The number of aromatic nitrogens is 2. The summed E-state index contributed by atoms with van der Waals surface area (Å²) in [6.07, 6.45) is 0. The molecule has 20 aromatic rings. The zero-order chi connectivity index (χ0) is 71.9. The van der Waals surface area contributed by atoms with E-state index in [2.05, 4.69) is 198 Å². The second kappa shape index (κ2) is 23.6. The number of benzene rings is 18. The Morgan fingerprint density at radius 1 is 0.248 bits per heavy atom. The molecule has 101 heavy (non-hydrogen) atoms. The first-order valence-corrected chi connectivity index (χ1v) is 33.2. The highest BCUT2D eigenvalue weighted by atomic mass is 19.2. The minimum absolute atomic E-state index is 0.152. The van der Waals surface area contributed by atoms with E-state index in [0.717, 1.165) is 142 Å². The highest BCUT2D eigenvalue weighted by Crippen LogP contribution is 2.49. The number of hydrogen-bond acceptors (Lipinski definition) is 2. The molecule has 2 heterocycles. The standard InChI is InChI=1S/C46H25F5N2.C46H30N2/c47-41-42(48)44(50)46(45(51)43(41)49)53-36-14-8-7-13-34(36)40-35-24-23-33-32(22-19-27-15-16-28(25-37(40)53)39(35)38(27)33)26-17-20-31(21-18-26)52(29-9-3-1-4-10-29)30-11-5-2-6-12-30;1-4-12-34(13-5-1)47(35-14-6-2-7-15-35)37-25-22-31(23-26-37)38-27-24-32-20-21-33-30-43-46(41-29-28-39(38)44(32)45(33)41)40-18-10-11-19-42(40)48(43)36-16-8-3-9-17-36/h1-25H;1-30H/i;3D,8D,9D,16D,17D. The van der Waals surface area contributed by atoms with Gasteiger partial charge in [-0.2, -0.15) is 0 Å². The van der Waals surface area contributed by atoms with Gasteiger partial charge in [-0.05, 0) is 196 Å². The van der Waals surface area contributed by atoms with Crippen molar-refractivity contribution >= 4 is 142 Å². The summed E-state index contributed by atoms with van der Waals surface area (Å²) in [7, 11) is 0. The van der Waals surface area contributed by atoms with Crippen molar-refractivity contribution in [1.82, 2.24) is 9.13 Å². The van der Waals surface area contributed by atoms with E-state index in [1.165, 1.54) is 5.39 Å². The minimum Gasteiger partial charge on any atom is -0.311 e. The van der Waals surface area contributed by atoms with Gasteiger partial charge in [0.2, 0.25) is 5.82 Å². The Morgan fingerprint density at radius 3 is 1.00 bits per heavy atom. The molecule has 0 saturated heterocycles. The maximum absolute atomic E-state index is 15.4. The monoisotopic (exact) mass is 1320 g/mol. The first kappa shape index (κ1) is 54.0. The van der Waals surface area contributed by atoms with Crippen LogP contribution in [0.15, 0.2) is 334 Å². The van der Waals surface area contributed by atoms with Crippen molar-refractivity contribution in [3.05, 3.63) is 363 Å². The van der Waals surface area contributed by atoms with Gasteiger partial charge in [0.15, 0.2) is 23.3 Å². The van der Waals surface area contributed by atoms with Crippen molar-refractivity contribution in [3.63, 3.8) is 0 Å². The lowest BCUT2D eigenvalue weighted by atomic mass is 9.88. The zero-order valence-electron chi connectivity index (χ0n) is 58.5. The predicted molar refractivity (Wildman–Crippen MR) is 409 cm³/mol. The Kier molecular flexibility index (Phi) is 12.6. The summed E-state index contributed by atoms with van der Waals surface area (Å²) in [4.78, 5) is 4.47. The molecule has 0 aliphatic carbocycles. The Balaban J connectivity index is 0.000000145. The summed E-state index contributed by atoms with van der Waals surface area (Å²) in [6, 6.07) is 101. The van der Waals surface area contributed by atoms with Crippen LogP contribution in [-0.4, -0.2) is 9.13 Å². The molecule has 18 aromatic carbocycles. The molecule has 0 aliphatic rings. The molecule has 0 unspecified atom stereocenters. The first-order valence-electron chi connectivity index (χ1n) is 35.7. The van der Waals surface area contributed by atoms with Crippen LogP contribution in [0.3, 0.4) is 0 Å². The van der Waals surface area contributed by atoms with Gasteiger partial charge in [0.1, 0.15) is 5.69 Å². The van der Waals surface area contributed by atoms with Crippen LogP contribution in [0.1, 0.15) is 6.85 Å². The first-order chi connectivity index (χ1) is 51.8. The van der Waals surface area contributed by atoms with Crippen LogP contribution in [-0.2, 0) is 0 Å². The van der Waals surface area contributed by atoms with Gasteiger partial charge in [-0.25, -0.2) is 22.0 Å². The van der Waals surface area contributed by atoms with E-state index in [4.69, 9.17) is 6.85 Å². The van der Waals surface area contributed by atoms with E-state index in [0.29, 0.717) is 21.8 Å². The fourth-order valence-corrected chi connectivity index (χ4v) is 15.6. The van der Waals surface area contributed by atoms with E-state index in [-0.39, 0.29) is 29.9 Å². The average molecular weight is 1320 g/mol. The normalized spacial score (nSPS) is 12.5. The molecule has 478 valence electrons. The summed E-state index contributed by atoms with van der Waals surface area (Å²) in [5.41, 5.74) is 12.1. The van der Waals surface area contributed by atoms with Crippen molar-refractivity contribution in [1.29, 1.82) is 0 Å². The quantitative estimate of drug-likeness (QED) is 0.0587. The third kappa shape index (κ3) is 9.34. The van der Waals surface area contributed by atoms with Crippen molar-refractivity contribution in [2.24, 2.45) is 0 Å². The molecular weight excluding hydrogens is 1260 g/mol. The number of fused-ring (bicyclic) bond motifs is 8. The molecular formula is C92H55F5N4. The second-order valence-electron chi connectivity index (χ2n) is 25.3. The fraction of sp³-hybridized carbons (Fsp3) is 0. The highest BCUT2D eigenvalue weighted by molar-refractivity contribution is 6.36. The summed E-state index contributed by atoms with van der Waals surface area (Å²) in [6.45, 7) is 0. The van der Waals surface area contributed by atoms with Crippen LogP contribution in [0.25, 0.3) is 142 Å². The maximum atomic E-state index is 15.4. The van der Waals surface area contributed by atoms with Gasteiger partial charge in [-0.3, -0.25) is 0 Å². The van der Waals surface area contributed by atoms with Crippen LogP contribution in [0.5, 0.6) is 0 Å². The molecule has 0 bridgehead atoms. The molecule has 0 amide bonds. The number of hydrogen-bond donors (Lipinski definition) is 0. The molecule has 9 heteroatoms. The van der Waals surface area contributed by atoms with Crippen LogP contribution < -0.4 is 9.80 Å². The molecule has 20 rings (SSSR count). The number of rotatable bonds is 10. The summed E-state index contributed by atoms with van der Waals surface area (Å²) in [5.74, 6) is -9.95. The van der Waals surface area contributed by atoms with Gasteiger partial charge >= 0.3 is 0 Å². The van der Waals surface area contributed by atoms with Crippen LogP contribution >= 0.6 is 0 Å². The number of halogens is 5. The van der Waals surface area contributed by atoms with Gasteiger partial charge in [0.05, 0.1) is 28.9 Å². The molecule has 0 aliphatic heterocycles. The Morgan fingerprint density at radius 2 is 0.574 bits per heavy atom. The minimum atomic E-state index is -2.19. The Hall–Kier alpha value is -13.1. The van der Waals surface area contributed by atoms with Crippen molar-refractivity contribution in [2.75, 3.05) is 9.80 Å². The largest absolute Gasteiger partial charge is 0.311 e. The summed E-state index contributed by atoms with van der Waals surface area (Å²) in [5, 5.41) is 15.5.